The first-order chi connectivity index (χ1) is 11.3. The second-order valence-corrected chi connectivity index (χ2v) is 5.93. The van der Waals surface area contributed by atoms with E-state index >= 15 is 0 Å². The quantitative estimate of drug-likeness (QED) is 0.782. The third kappa shape index (κ3) is 5.00. The molecule has 0 bridgehead atoms. The van der Waals surface area contributed by atoms with Gasteiger partial charge in [-0.05, 0) is 43.8 Å². The number of halogens is 1. The zero-order chi connectivity index (χ0) is 15.9. The van der Waals surface area contributed by atoms with Crippen LogP contribution in [0.2, 0.25) is 5.02 Å². The minimum Gasteiger partial charge on any atom is -0.419 e. The number of hydrogen-bond acceptors (Lipinski definition) is 6. The van der Waals surface area contributed by atoms with Gasteiger partial charge in [0.05, 0.1) is 19.8 Å². The van der Waals surface area contributed by atoms with Crippen LogP contribution in [0.4, 0.5) is 0 Å². The predicted octanol–water partition coefficient (Wildman–Crippen LogP) is 2.20. The average molecular weight is 337 g/mol. The number of benzene rings is 1. The van der Waals surface area contributed by atoms with Crippen LogP contribution in [-0.2, 0) is 11.3 Å². The molecule has 1 saturated heterocycles. The standard InChI is InChI=1S/C16H21ClN4O2/c17-14-4-2-13(3-5-14)16-20-19-15(23-16)12-18-6-1-7-21-8-10-22-11-9-21/h2-5,18H,1,6-12H2. The lowest BCUT2D eigenvalue weighted by Gasteiger charge is -2.26. The van der Waals surface area contributed by atoms with Crippen LogP contribution in [0.25, 0.3) is 11.5 Å². The molecule has 0 atom stereocenters. The van der Waals surface area contributed by atoms with E-state index in [-0.39, 0.29) is 0 Å². The van der Waals surface area contributed by atoms with Crippen molar-refractivity contribution in [3.05, 3.63) is 35.2 Å². The average Bonchev–Trinajstić information content (AvgIpc) is 3.05. The summed E-state index contributed by atoms with van der Waals surface area (Å²) in [4.78, 5) is 2.43. The Balaban J connectivity index is 1.38. The molecule has 1 aromatic carbocycles. The number of nitrogens with zero attached hydrogens (tertiary/aromatic N) is 3. The third-order valence-corrected chi connectivity index (χ3v) is 4.02. The fourth-order valence-electron chi connectivity index (χ4n) is 2.48. The zero-order valence-corrected chi connectivity index (χ0v) is 13.8. The molecule has 23 heavy (non-hydrogen) atoms. The van der Waals surface area contributed by atoms with E-state index < -0.39 is 0 Å². The van der Waals surface area contributed by atoms with E-state index in [0.717, 1.165) is 51.4 Å². The molecule has 0 aliphatic carbocycles. The highest BCUT2D eigenvalue weighted by Gasteiger charge is 2.10. The summed E-state index contributed by atoms with van der Waals surface area (Å²) in [5.74, 6) is 1.12. The Morgan fingerprint density at radius 3 is 2.70 bits per heavy atom. The van der Waals surface area contributed by atoms with Crippen LogP contribution in [0.5, 0.6) is 0 Å². The number of morpholine rings is 1. The maximum atomic E-state index is 5.87. The van der Waals surface area contributed by atoms with E-state index in [1.807, 2.05) is 24.3 Å². The van der Waals surface area contributed by atoms with Crippen molar-refractivity contribution >= 4 is 11.6 Å². The fraction of sp³-hybridized carbons (Fsp3) is 0.500. The molecule has 0 radical (unpaired) electrons. The normalized spacial score (nSPS) is 15.9. The Kier molecular flexibility index (Phi) is 5.99. The number of nitrogens with one attached hydrogen (secondary N) is 1. The van der Waals surface area contributed by atoms with Gasteiger partial charge in [-0.25, -0.2) is 0 Å². The molecule has 1 aromatic heterocycles. The van der Waals surface area contributed by atoms with Gasteiger partial charge in [-0.15, -0.1) is 10.2 Å². The van der Waals surface area contributed by atoms with Crippen LogP contribution < -0.4 is 5.32 Å². The third-order valence-electron chi connectivity index (χ3n) is 3.77. The van der Waals surface area contributed by atoms with Crippen molar-refractivity contribution in [3.8, 4) is 11.5 Å². The largest absolute Gasteiger partial charge is 0.419 e. The van der Waals surface area contributed by atoms with Gasteiger partial charge in [0, 0.05) is 23.7 Å². The van der Waals surface area contributed by atoms with Crippen LogP contribution in [0.1, 0.15) is 12.3 Å². The predicted molar refractivity (Wildman–Crippen MR) is 88.3 cm³/mol. The highest BCUT2D eigenvalue weighted by Crippen LogP contribution is 2.20. The maximum Gasteiger partial charge on any atom is 0.247 e. The summed E-state index contributed by atoms with van der Waals surface area (Å²) in [6.07, 6.45) is 1.10. The summed E-state index contributed by atoms with van der Waals surface area (Å²) in [5, 5.41) is 12.2. The number of ether oxygens (including phenoxy) is 1. The lowest BCUT2D eigenvalue weighted by molar-refractivity contribution is 0.0374. The van der Waals surface area contributed by atoms with E-state index in [1.165, 1.54) is 0 Å². The monoisotopic (exact) mass is 336 g/mol. The Labute approximate surface area is 140 Å². The molecule has 1 aliphatic heterocycles. The molecule has 124 valence electrons. The van der Waals surface area contributed by atoms with Gasteiger partial charge in [-0.2, -0.15) is 0 Å². The second kappa shape index (κ2) is 8.40. The molecule has 1 aliphatic rings. The summed E-state index contributed by atoms with van der Waals surface area (Å²) in [6.45, 7) is 6.38. The number of aromatic nitrogens is 2. The zero-order valence-electron chi connectivity index (χ0n) is 13.0. The molecule has 2 heterocycles. The van der Waals surface area contributed by atoms with Gasteiger partial charge >= 0.3 is 0 Å². The lowest BCUT2D eigenvalue weighted by atomic mass is 10.2. The molecule has 6 nitrogen and oxygen atoms in total. The molecule has 0 amide bonds. The lowest BCUT2D eigenvalue weighted by Crippen LogP contribution is -2.37. The first-order valence-electron chi connectivity index (χ1n) is 7.90. The van der Waals surface area contributed by atoms with Gasteiger partial charge in [-0.1, -0.05) is 11.6 Å². The van der Waals surface area contributed by atoms with Crippen LogP contribution in [-0.4, -0.2) is 54.5 Å². The topological polar surface area (TPSA) is 63.4 Å². The highest BCUT2D eigenvalue weighted by molar-refractivity contribution is 6.30. The van der Waals surface area contributed by atoms with Crippen molar-refractivity contribution in [2.24, 2.45) is 0 Å². The molecule has 0 spiro atoms. The van der Waals surface area contributed by atoms with Crippen molar-refractivity contribution in [3.63, 3.8) is 0 Å². The van der Waals surface area contributed by atoms with E-state index in [2.05, 4.69) is 20.4 Å². The first kappa shape index (κ1) is 16.4. The Hall–Kier alpha value is -1.47. The highest BCUT2D eigenvalue weighted by atomic mass is 35.5. The molecular formula is C16H21ClN4O2. The van der Waals surface area contributed by atoms with Crippen LogP contribution in [0.3, 0.4) is 0 Å². The summed E-state index contributed by atoms with van der Waals surface area (Å²) in [6, 6.07) is 7.36. The number of rotatable bonds is 7. The van der Waals surface area contributed by atoms with Gasteiger partial charge in [0.1, 0.15) is 0 Å². The fourth-order valence-corrected chi connectivity index (χ4v) is 2.61. The smallest absolute Gasteiger partial charge is 0.247 e. The summed E-state index contributed by atoms with van der Waals surface area (Å²) < 4.78 is 11.0. The summed E-state index contributed by atoms with van der Waals surface area (Å²) in [7, 11) is 0. The summed E-state index contributed by atoms with van der Waals surface area (Å²) >= 11 is 5.87. The van der Waals surface area contributed by atoms with Crippen molar-refractivity contribution in [1.82, 2.24) is 20.4 Å². The molecule has 2 aromatic rings. The molecular weight excluding hydrogens is 316 g/mol. The van der Waals surface area contributed by atoms with E-state index in [1.54, 1.807) is 0 Å². The van der Waals surface area contributed by atoms with E-state index in [4.69, 9.17) is 20.8 Å². The molecule has 7 heteroatoms. The van der Waals surface area contributed by atoms with Gasteiger partial charge in [0.2, 0.25) is 11.8 Å². The Morgan fingerprint density at radius 2 is 1.91 bits per heavy atom. The Bertz CT molecular complexity index is 596. The second-order valence-electron chi connectivity index (χ2n) is 5.49. The minimum atomic E-state index is 0.520. The van der Waals surface area contributed by atoms with Gasteiger partial charge < -0.3 is 14.5 Å². The van der Waals surface area contributed by atoms with Gasteiger partial charge in [-0.3, -0.25) is 4.90 Å². The van der Waals surface area contributed by atoms with Crippen molar-refractivity contribution < 1.29 is 9.15 Å². The SMILES string of the molecule is Clc1ccc(-c2nnc(CNCCCN3CCOCC3)o2)cc1. The molecule has 1 fully saturated rings. The van der Waals surface area contributed by atoms with Gasteiger partial charge in [0.25, 0.3) is 0 Å². The van der Waals surface area contributed by atoms with Crippen molar-refractivity contribution in [2.45, 2.75) is 13.0 Å². The van der Waals surface area contributed by atoms with Crippen LogP contribution in [0, 0.1) is 0 Å². The summed E-state index contributed by atoms with van der Waals surface area (Å²) in [5.41, 5.74) is 0.875. The van der Waals surface area contributed by atoms with Crippen molar-refractivity contribution in [2.75, 3.05) is 39.4 Å². The van der Waals surface area contributed by atoms with Crippen LogP contribution in [0.15, 0.2) is 28.7 Å². The molecule has 0 saturated carbocycles. The van der Waals surface area contributed by atoms with Crippen LogP contribution >= 0.6 is 11.6 Å². The maximum absolute atomic E-state index is 5.87. The molecule has 0 unspecified atom stereocenters. The minimum absolute atomic E-state index is 0.520. The molecule has 3 rings (SSSR count). The first-order valence-corrected chi connectivity index (χ1v) is 8.28. The number of hydrogen-bond donors (Lipinski definition) is 1. The van der Waals surface area contributed by atoms with E-state index in [9.17, 15) is 0 Å². The van der Waals surface area contributed by atoms with Gasteiger partial charge in [0.15, 0.2) is 0 Å². The van der Waals surface area contributed by atoms with Crippen molar-refractivity contribution in [1.29, 1.82) is 0 Å². The Morgan fingerprint density at radius 1 is 1.13 bits per heavy atom. The molecule has 1 N–H and O–H groups in total. The van der Waals surface area contributed by atoms with E-state index in [0.29, 0.717) is 23.3 Å².